The van der Waals surface area contributed by atoms with Gasteiger partial charge in [0.2, 0.25) is 0 Å². The van der Waals surface area contributed by atoms with Crippen molar-refractivity contribution in [3.63, 3.8) is 0 Å². The summed E-state index contributed by atoms with van der Waals surface area (Å²) in [5.41, 5.74) is 1.23. The van der Waals surface area contributed by atoms with Gasteiger partial charge >= 0.3 is 0 Å². The molecule has 0 radical (unpaired) electrons. The maximum absolute atomic E-state index is 3.97. The van der Waals surface area contributed by atoms with E-state index < -0.39 is 0 Å². The average Bonchev–Trinajstić information content (AvgIpc) is 2.32. The Morgan fingerprint density at radius 3 is 2.44 bits per heavy atom. The summed E-state index contributed by atoms with van der Waals surface area (Å²) in [5.74, 6) is 0. The third-order valence-corrected chi connectivity index (χ3v) is 2.11. The Labute approximate surface area is 106 Å². The summed E-state index contributed by atoms with van der Waals surface area (Å²) in [6.45, 7) is 0.872. The van der Waals surface area contributed by atoms with Crippen molar-refractivity contribution in [3.8, 4) is 0 Å². The van der Waals surface area contributed by atoms with Gasteiger partial charge in [0, 0.05) is 0 Å². The van der Waals surface area contributed by atoms with Crippen LogP contribution in [0.5, 0.6) is 0 Å². The second-order valence-corrected chi connectivity index (χ2v) is 3.26. The van der Waals surface area contributed by atoms with Crippen LogP contribution in [0.25, 0.3) is 6.08 Å². The summed E-state index contributed by atoms with van der Waals surface area (Å²) in [5, 5.41) is 0. The average molecular weight is 277 g/mol. The Kier molecular flexibility index (Phi) is 5.43. The highest BCUT2D eigenvalue weighted by molar-refractivity contribution is 5.48. The molecule has 2 rings (SSSR count). The monoisotopic (exact) mass is 276 g/mol. The van der Waals surface area contributed by atoms with Crippen LogP contribution in [0, 0.1) is 0 Å². The predicted octanol–water partition coefficient (Wildman–Crippen LogP) is -0.913. The summed E-state index contributed by atoms with van der Waals surface area (Å²) in [4.78, 5) is 3.97. The van der Waals surface area contributed by atoms with Gasteiger partial charge in [-0.25, -0.2) is 0 Å². The zero-order chi connectivity index (χ0) is 10.3. The Morgan fingerprint density at radius 1 is 1.06 bits per heavy atom. The van der Waals surface area contributed by atoms with E-state index in [0.717, 1.165) is 6.54 Å². The minimum absolute atomic E-state index is 0. The molecule has 1 aromatic carbocycles. The second-order valence-electron chi connectivity index (χ2n) is 3.26. The highest BCUT2D eigenvalue weighted by atomic mass is 79.9. The second kappa shape index (κ2) is 6.90. The Balaban J connectivity index is 0.00000128. The molecule has 0 fully saturated rings. The predicted molar refractivity (Wildman–Crippen MR) is 59.9 cm³/mol. The molecule has 0 aliphatic heterocycles. The van der Waals surface area contributed by atoms with Crippen molar-refractivity contribution in [1.82, 2.24) is 4.98 Å². The topological polar surface area (TPSA) is 16.8 Å². The zero-order valence-electron chi connectivity index (χ0n) is 8.83. The van der Waals surface area contributed by atoms with Crippen LogP contribution in [0.15, 0.2) is 61.2 Å². The van der Waals surface area contributed by atoms with E-state index in [1.807, 2.05) is 30.6 Å². The SMILES string of the molecule is C(=Cc1ccccc1)C[n+]1ccncc1.[Br-]. The molecule has 16 heavy (non-hydrogen) atoms. The minimum atomic E-state index is 0. The van der Waals surface area contributed by atoms with E-state index in [4.69, 9.17) is 0 Å². The summed E-state index contributed by atoms with van der Waals surface area (Å²) in [7, 11) is 0. The molecule has 0 unspecified atom stereocenters. The third-order valence-electron chi connectivity index (χ3n) is 2.11. The summed E-state index contributed by atoms with van der Waals surface area (Å²) in [6, 6.07) is 10.3. The number of hydrogen-bond donors (Lipinski definition) is 0. The molecule has 0 saturated carbocycles. The molecular weight excluding hydrogens is 264 g/mol. The van der Waals surface area contributed by atoms with Crippen LogP contribution in [0.1, 0.15) is 5.56 Å². The first kappa shape index (κ1) is 12.6. The normalized spacial score (nSPS) is 10.0. The molecule has 82 valence electrons. The molecule has 0 spiro atoms. The first-order valence-corrected chi connectivity index (χ1v) is 4.96. The van der Waals surface area contributed by atoms with Crippen LogP contribution >= 0.6 is 0 Å². The molecule has 0 amide bonds. The number of halogens is 1. The van der Waals surface area contributed by atoms with Gasteiger partial charge in [0.05, 0.1) is 12.4 Å². The first-order valence-electron chi connectivity index (χ1n) is 4.96. The van der Waals surface area contributed by atoms with E-state index in [1.165, 1.54) is 5.56 Å². The Hall–Kier alpha value is -1.48. The summed E-state index contributed by atoms with van der Waals surface area (Å²) in [6.07, 6.45) is 11.7. The first-order chi connectivity index (χ1) is 7.45. The molecule has 3 heteroatoms. The fourth-order valence-electron chi connectivity index (χ4n) is 1.34. The van der Waals surface area contributed by atoms with Crippen molar-refractivity contribution in [2.75, 3.05) is 0 Å². The third kappa shape index (κ3) is 3.95. The fourth-order valence-corrected chi connectivity index (χ4v) is 1.34. The van der Waals surface area contributed by atoms with E-state index in [1.54, 1.807) is 12.4 Å². The summed E-state index contributed by atoms with van der Waals surface area (Å²) >= 11 is 0. The Morgan fingerprint density at radius 2 is 1.75 bits per heavy atom. The number of aromatic nitrogens is 2. The molecular formula is C13H13BrN2. The fraction of sp³-hybridized carbons (Fsp3) is 0.0769. The maximum atomic E-state index is 3.97. The van der Waals surface area contributed by atoms with Gasteiger partial charge in [0.15, 0.2) is 18.9 Å². The molecule has 0 atom stereocenters. The van der Waals surface area contributed by atoms with Crippen molar-refractivity contribution in [1.29, 1.82) is 0 Å². The molecule has 2 aromatic rings. The molecule has 0 aliphatic rings. The van der Waals surface area contributed by atoms with Crippen molar-refractivity contribution in [2.45, 2.75) is 6.54 Å². The molecule has 0 N–H and O–H groups in total. The molecule has 1 aromatic heterocycles. The number of benzene rings is 1. The zero-order valence-corrected chi connectivity index (χ0v) is 10.4. The number of hydrogen-bond acceptors (Lipinski definition) is 1. The molecule has 0 bridgehead atoms. The van der Waals surface area contributed by atoms with Crippen molar-refractivity contribution in [3.05, 3.63) is 66.8 Å². The maximum Gasteiger partial charge on any atom is 0.187 e. The van der Waals surface area contributed by atoms with Crippen LogP contribution in [0.3, 0.4) is 0 Å². The van der Waals surface area contributed by atoms with Crippen molar-refractivity contribution < 1.29 is 21.5 Å². The molecule has 0 aliphatic carbocycles. The van der Waals surface area contributed by atoms with Gasteiger partial charge in [0.25, 0.3) is 0 Å². The van der Waals surface area contributed by atoms with Crippen LogP contribution in [-0.2, 0) is 6.54 Å². The van der Waals surface area contributed by atoms with E-state index in [9.17, 15) is 0 Å². The quantitative estimate of drug-likeness (QED) is 0.664. The van der Waals surface area contributed by atoms with Crippen LogP contribution < -0.4 is 21.5 Å². The van der Waals surface area contributed by atoms with Gasteiger partial charge in [-0.1, -0.05) is 36.4 Å². The van der Waals surface area contributed by atoms with Gasteiger partial charge in [-0.15, -0.1) is 0 Å². The molecule has 2 nitrogen and oxygen atoms in total. The van der Waals surface area contributed by atoms with E-state index in [2.05, 4.69) is 33.8 Å². The largest absolute Gasteiger partial charge is 1.00 e. The van der Waals surface area contributed by atoms with Crippen LogP contribution in [0.2, 0.25) is 0 Å². The van der Waals surface area contributed by atoms with E-state index in [-0.39, 0.29) is 17.0 Å². The van der Waals surface area contributed by atoms with Crippen LogP contribution in [-0.4, -0.2) is 4.98 Å². The lowest BCUT2D eigenvalue weighted by atomic mass is 10.2. The van der Waals surface area contributed by atoms with E-state index >= 15 is 0 Å². The lowest BCUT2D eigenvalue weighted by Crippen LogP contribution is -3.00. The lowest BCUT2D eigenvalue weighted by molar-refractivity contribution is -0.687. The van der Waals surface area contributed by atoms with Gasteiger partial charge < -0.3 is 17.0 Å². The molecule has 1 heterocycles. The van der Waals surface area contributed by atoms with Crippen molar-refractivity contribution >= 4 is 6.08 Å². The standard InChI is InChI=1S/C13H13N2.BrH/c1-2-5-13(6-3-1)7-4-10-15-11-8-14-9-12-15;/h1-9,11-12H,10H2;1H/q+1;/p-1. The van der Waals surface area contributed by atoms with Gasteiger partial charge in [0.1, 0.15) is 0 Å². The van der Waals surface area contributed by atoms with Gasteiger partial charge in [-0.3, -0.25) is 4.98 Å². The number of rotatable bonds is 3. The highest BCUT2D eigenvalue weighted by Gasteiger charge is 1.92. The minimum Gasteiger partial charge on any atom is -1.00 e. The van der Waals surface area contributed by atoms with Gasteiger partial charge in [-0.05, 0) is 11.6 Å². The molecule has 0 saturated heterocycles. The van der Waals surface area contributed by atoms with Gasteiger partial charge in [-0.2, -0.15) is 4.57 Å². The Bertz CT molecular complexity index is 426. The van der Waals surface area contributed by atoms with Crippen molar-refractivity contribution in [2.24, 2.45) is 0 Å². The van der Waals surface area contributed by atoms with E-state index in [0.29, 0.717) is 0 Å². The smallest absolute Gasteiger partial charge is 0.187 e. The lowest BCUT2D eigenvalue weighted by Gasteiger charge is -1.91. The van der Waals surface area contributed by atoms with Crippen LogP contribution in [0.4, 0.5) is 0 Å². The highest BCUT2D eigenvalue weighted by Crippen LogP contribution is 2.00. The summed E-state index contributed by atoms with van der Waals surface area (Å²) < 4.78 is 2.08. The number of allylic oxidation sites excluding steroid dienone is 1. The number of nitrogens with zero attached hydrogens (tertiary/aromatic N) is 2.